The number of halogens is 1. The topological polar surface area (TPSA) is 9.23 Å². The highest BCUT2D eigenvalue weighted by Crippen LogP contribution is 2.23. The Labute approximate surface area is 84.2 Å². The van der Waals surface area contributed by atoms with Gasteiger partial charge in [0.25, 0.3) is 0 Å². The molecule has 2 heteroatoms. The summed E-state index contributed by atoms with van der Waals surface area (Å²) < 4.78 is 18.8. The molecule has 0 heterocycles. The van der Waals surface area contributed by atoms with Gasteiger partial charge < -0.3 is 4.74 Å². The van der Waals surface area contributed by atoms with Gasteiger partial charge in [0.05, 0.1) is 0 Å². The number of hydrogen-bond acceptors (Lipinski definition) is 1. The monoisotopic (exact) mass is 194 g/mol. The van der Waals surface area contributed by atoms with E-state index in [0.29, 0.717) is 0 Å². The highest BCUT2D eigenvalue weighted by molar-refractivity contribution is 5.48. The van der Waals surface area contributed by atoms with Crippen molar-refractivity contribution >= 4 is 6.08 Å². The van der Waals surface area contributed by atoms with Crippen LogP contribution in [0, 0.1) is 5.82 Å². The Morgan fingerprint density at radius 2 is 2.00 bits per heavy atom. The summed E-state index contributed by atoms with van der Waals surface area (Å²) in [5.41, 5.74) is 0.375. The highest BCUT2D eigenvalue weighted by atomic mass is 19.1. The number of benzene rings is 1. The Morgan fingerprint density at radius 1 is 1.36 bits per heavy atom. The second-order valence-corrected chi connectivity index (χ2v) is 4.11. The molecule has 0 fully saturated rings. The lowest BCUT2D eigenvalue weighted by Gasteiger charge is -2.21. The SMILES string of the molecule is C=Cc1ccc(OC(C)(C)C)c(F)c1. The first-order chi connectivity index (χ1) is 6.42. The minimum absolute atomic E-state index is 0.281. The average molecular weight is 194 g/mol. The van der Waals surface area contributed by atoms with Gasteiger partial charge in [-0.3, -0.25) is 0 Å². The molecule has 76 valence electrons. The van der Waals surface area contributed by atoms with E-state index >= 15 is 0 Å². The minimum atomic E-state index is -0.378. The zero-order valence-electron chi connectivity index (χ0n) is 8.80. The molecular formula is C12H15FO. The predicted octanol–water partition coefficient (Wildman–Crippen LogP) is 3.65. The van der Waals surface area contributed by atoms with Gasteiger partial charge in [-0.05, 0) is 38.5 Å². The van der Waals surface area contributed by atoms with Gasteiger partial charge in [-0.25, -0.2) is 4.39 Å². The molecule has 0 bridgehead atoms. The fourth-order valence-electron chi connectivity index (χ4n) is 1.06. The fourth-order valence-corrected chi connectivity index (χ4v) is 1.06. The first kappa shape index (κ1) is 10.8. The summed E-state index contributed by atoms with van der Waals surface area (Å²) in [7, 11) is 0. The summed E-state index contributed by atoms with van der Waals surface area (Å²) in [6.45, 7) is 9.22. The van der Waals surface area contributed by atoms with Gasteiger partial charge >= 0.3 is 0 Å². The second kappa shape index (κ2) is 3.82. The maximum absolute atomic E-state index is 13.4. The molecule has 0 aliphatic carbocycles. The van der Waals surface area contributed by atoms with E-state index in [0.717, 1.165) is 5.56 Å². The third-order valence-electron chi connectivity index (χ3n) is 1.61. The molecule has 0 aliphatic heterocycles. The van der Waals surface area contributed by atoms with Crippen molar-refractivity contribution < 1.29 is 9.13 Å². The van der Waals surface area contributed by atoms with Gasteiger partial charge in [-0.1, -0.05) is 18.7 Å². The van der Waals surface area contributed by atoms with E-state index in [1.165, 1.54) is 6.07 Å². The van der Waals surface area contributed by atoms with E-state index in [1.54, 1.807) is 18.2 Å². The smallest absolute Gasteiger partial charge is 0.165 e. The fraction of sp³-hybridized carbons (Fsp3) is 0.333. The minimum Gasteiger partial charge on any atom is -0.485 e. The molecule has 0 aromatic heterocycles. The van der Waals surface area contributed by atoms with Gasteiger partial charge in [0.15, 0.2) is 11.6 Å². The van der Waals surface area contributed by atoms with Gasteiger partial charge in [-0.2, -0.15) is 0 Å². The maximum atomic E-state index is 13.4. The van der Waals surface area contributed by atoms with Crippen molar-refractivity contribution in [3.05, 3.63) is 36.2 Å². The largest absolute Gasteiger partial charge is 0.485 e. The van der Waals surface area contributed by atoms with Crippen LogP contribution in [-0.4, -0.2) is 5.60 Å². The van der Waals surface area contributed by atoms with Crippen LogP contribution in [-0.2, 0) is 0 Å². The van der Waals surface area contributed by atoms with Crippen molar-refractivity contribution in [3.8, 4) is 5.75 Å². The van der Waals surface area contributed by atoms with Crippen LogP contribution in [0.1, 0.15) is 26.3 Å². The zero-order valence-corrected chi connectivity index (χ0v) is 8.80. The Morgan fingerprint density at radius 3 is 2.43 bits per heavy atom. The van der Waals surface area contributed by atoms with E-state index in [4.69, 9.17) is 4.74 Å². The molecule has 0 N–H and O–H groups in total. The number of hydrogen-bond donors (Lipinski definition) is 0. The van der Waals surface area contributed by atoms with Gasteiger partial charge in [0.1, 0.15) is 5.60 Å². The first-order valence-electron chi connectivity index (χ1n) is 4.53. The highest BCUT2D eigenvalue weighted by Gasteiger charge is 2.14. The van der Waals surface area contributed by atoms with Crippen LogP contribution in [0.2, 0.25) is 0 Å². The normalized spacial score (nSPS) is 11.1. The van der Waals surface area contributed by atoms with Crippen molar-refractivity contribution in [1.82, 2.24) is 0 Å². The second-order valence-electron chi connectivity index (χ2n) is 4.11. The molecule has 0 unspecified atom stereocenters. The molecular weight excluding hydrogens is 179 g/mol. The Kier molecular flexibility index (Phi) is 2.94. The van der Waals surface area contributed by atoms with Crippen LogP contribution in [0.3, 0.4) is 0 Å². The quantitative estimate of drug-likeness (QED) is 0.698. The van der Waals surface area contributed by atoms with Crippen molar-refractivity contribution in [1.29, 1.82) is 0 Å². The van der Waals surface area contributed by atoms with E-state index < -0.39 is 0 Å². The van der Waals surface area contributed by atoms with Crippen LogP contribution in [0.15, 0.2) is 24.8 Å². The summed E-state index contributed by atoms with van der Waals surface area (Å²) in [6, 6.07) is 4.81. The first-order valence-corrected chi connectivity index (χ1v) is 4.53. The lowest BCUT2D eigenvalue weighted by Crippen LogP contribution is -2.23. The van der Waals surface area contributed by atoms with Crippen LogP contribution < -0.4 is 4.74 Å². The predicted molar refractivity (Wildman–Crippen MR) is 56.9 cm³/mol. The van der Waals surface area contributed by atoms with Crippen molar-refractivity contribution in [2.45, 2.75) is 26.4 Å². The average Bonchev–Trinajstić information content (AvgIpc) is 2.06. The Hall–Kier alpha value is -1.31. The van der Waals surface area contributed by atoms with Gasteiger partial charge in [0, 0.05) is 0 Å². The Bertz CT molecular complexity index is 337. The molecule has 0 saturated heterocycles. The molecule has 14 heavy (non-hydrogen) atoms. The summed E-state index contributed by atoms with van der Waals surface area (Å²) in [5, 5.41) is 0. The van der Waals surface area contributed by atoms with Crippen LogP contribution in [0.5, 0.6) is 5.75 Å². The molecule has 1 nitrogen and oxygen atoms in total. The third kappa shape index (κ3) is 2.87. The number of rotatable bonds is 2. The molecule has 0 amide bonds. The molecule has 0 aliphatic rings. The summed E-state index contributed by atoms with van der Waals surface area (Å²) in [4.78, 5) is 0. The van der Waals surface area contributed by atoms with E-state index in [1.807, 2.05) is 20.8 Å². The van der Waals surface area contributed by atoms with Crippen LogP contribution in [0.4, 0.5) is 4.39 Å². The molecule has 1 rings (SSSR count). The Balaban J connectivity index is 2.95. The molecule has 0 atom stereocenters. The van der Waals surface area contributed by atoms with Gasteiger partial charge in [0.2, 0.25) is 0 Å². The number of ether oxygens (including phenoxy) is 1. The van der Waals surface area contributed by atoms with E-state index in [9.17, 15) is 4.39 Å². The summed E-state index contributed by atoms with van der Waals surface area (Å²) in [5.74, 6) is -0.0691. The van der Waals surface area contributed by atoms with Crippen molar-refractivity contribution in [3.63, 3.8) is 0 Å². The van der Waals surface area contributed by atoms with Crippen LogP contribution >= 0.6 is 0 Å². The van der Waals surface area contributed by atoms with E-state index in [-0.39, 0.29) is 17.2 Å². The van der Waals surface area contributed by atoms with E-state index in [2.05, 4.69) is 6.58 Å². The summed E-state index contributed by atoms with van der Waals surface area (Å²) >= 11 is 0. The standard InChI is InChI=1S/C12H15FO/c1-5-9-6-7-11(10(13)8-9)14-12(2,3)4/h5-8H,1H2,2-4H3. The third-order valence-corrected chi connectivity index (χ3v) is 1.61. The molecule has 0 spiro atoms. The zero-order chi connectivity index (χ0) is 10.8. The molecule has 0 saturated carbocycles. The molecule has 0 radical (unpaired) electrons. The van der Waals surface area contributed by atoms with Crippen molar-refractivity contribution in [2.24, 2.45) is 0 Å². The molecule has 1 aromatic rings. The lowest BCUT2D eigenvalue weighted by atomic mass is 10.1. The van der Waals surface area contributed by atoms with Crippen molar-refractivity contribution in [2.75, 3.05) is 0 Å². The lowest BCUT2D eigenvalue weighted by molar-refractivity contribution is 0.124. The molecule has 1 aromatic carbocycles. The van der Waals surface area contributed by atoms with Gasteiger partial charge in [-0.15, -0.1) is 0 Å². The maximum Gasteiger partial charge on any atom is 0.165 e. The summed E-state index contributed by atoms with van der Waals surface area (Å²) in [6.07, 6.45) is 1.60. The van der Waals surface area contributed by atoms with Crippen LogP contribution in [0.25, 0.3) is 6.08 Å².